The second-order valence-electron chi connectivity index (χ2n) is 2.93. The number of thioether (sulfide) groups is 1. The molecule has 0 aromatic heterocycles. The van der Waals surface area contributed by atoms with Crippen molar-refractivity contribution in [3.8, 4) is 5.75 Å². The normalized spacial score (nSPS) is 10.3. The molecule has 84 valence electrons. The second kappa shape index (κ2) is 6.96. The van der Waals surface area contributed by atoms with Crippen LogP contribution in [0.4, 0.5) is 4.39 Å². The monoisotopic (exact) mass is 248 g/mol. The quantitative estimate of drug-likeness (QED) is 0.561. The Morgan fingerprint density at radius 2 is 2.27 bits per heavy atom. The largest absolute Gasteiger partial charge is 0.492 e. The highest BCUT2D eigenvalue weighted by atomic mass is 35.5. The molecule has 0 saturated carbocycles. The first-order chi connectivity index (χ1) is 7.27. The standard InChI is InChI=1S/C11H14ClFOS/c1-2-15-6-5-14-11-4-3-10(13)7-9(11)8-12/h3-4,7H,2,5-6,8H2,1H3. The molecule has 4 heteroatoms. The summed E-state index contributed by atoms with van der Waals surface area (Å²) < 4.78 is 18.4. The van der Waals surface area contributed by atoms with Gasteiger partial charge in [-0.1, -0.05) is 6.92 Å². The summed E-state index contributed by atoms with van der Waals surface area (Å²) >= 11 is 7.50. The Morgan fingerprint density at radius 3 is 2.93 bits per heavy atom. The number of rotatable bonds is 6. The third kappa shape index (κ3) is 4.31. The van der Waals surface area contributed by atoms with E-state index in [2.05, 4.69) is 6.92 Å². The molecule has 0 aliphatic rings. The van der Waals surface area contributed by atoms with E-state index in [1.54, 1.807) is 6.07 Å². The van der Waals surface area contributed by atoms with Crippen molar-refractivity contribution < 1.29 is 9.13 Å². The molecule has 0 spiro atoms. The minimum atomic E-state index is -0.277. The molecule has 1 rings (SSSR count). The van der Waals surface area contributed by atoms with Crippen molar-refractivity contribution in [3.05, 3.63) is 29.6 Å². The van der Waals surface area contributed by atoms with Crippen molar-refractivity contribution in [2.45, 2.75) is 12.8 Å². The highest BCUT2D eigenvalue weighted by molar-refractivity contribution is 7.99. The number of hydrogen-bond acceptors (Lipinski definition) is 2. The fourth-order valence-electron chi connectivity index (χ4n) is 1.15. The van der Waals surface area contributed by atoms with Gasteiger partial charge in [0.05, 0.1) is 12.5 Å². The van der Waals surface area contributed by atoms with Gasteiger partial charge in [-0.3, -0.25) is 0 Å². The van der Waals surface area contributed by atoms with E-state index in [0.29, 0.717) is 17.9 Å². The van der Waals surface area contributed by atoms with Gasteiger partial charge in [-0.25, -0.2) is 4.39 Å². The van der Waals surface area contributed by atoms with Gasteiger partial charge in [0.15, 0.2) is 0 Å². The predicted octanol–water partition coefficient (Wildman–Crippen LogP) is 3.70. The van der Waals surface area contributed by atoms with Gasteiger partial charge >= 0.3 is 0 Å². The van der Waals surface area contributed by atoms with Crippen LogP contribution >= 0.6 is 23.4 Å². The van der Waals surface area contributed by atoms with Gasteiger partial charge in [-0.05, 0) is 24.0 Å². The van der Waals surface area contributed by atoms with E-state index in [9.17, 15) is 4.39 Å². The first kappa shape index (κ1) is 12.7. The fraction of sp³-hybridized carbons (Fsp3) is 0.455. The lowest BCUT2D eigenvalue weighted by molar-refractivity contribution is 0.340. The zero-order valence-corrected chi connectivity index (χ0v) is 10.2. The highest BCUT2D eigenvalue weighted by Gasteiger charge is 2.03. The van der Waals surface area contributed by atoms with E-state index in [4.69, 9.17) is 16.3 Å². The fourth-order valence-corrected chi connectivity index (χ4v) is 1.85. The van der Waals surface area contributed by atoms with E-state index in [0.717, 1.165) is 11.5 Å². The molecule has 1 nitrogen and oxygen atoms in total. The zero-order valence-electron chi connectivity index (χ0n) is 8.63. The van der Waals surface area contributed by atoms with Crippen molar-refractivity contribution >= 4 is 23.4 Å². The van der Waals surface area contributed by atoms with Crippen molar-refractivity contribution in [1.82, 2.24) is 0 Å². The van der Waals surface area contributed by atoms with Crippen LogP contribution in [0.25, 0.3) is 0 Å². The van der Waals surface area contributed by atoms with Gasteiger partial charge in [-0.15, -0.1) is 11.6 Å². The van der Waals surface area contributed by atoms with Crippen molar-refractivity contribution in [3.63, 3.8) is 0 Å². The first-order valence-electron chi connectivity index (χ1n) is 4.83. The van der Waals surface area contributed by atoms with Gasteiger partial charge in [0, 0.05) is 11.3 Å². The van der Waals surface area contributed by atoms with E-state index in [1.807, 2.05) is 11.8 Å². The van der Waals surface area contributed by atoms with Gasteiger partial charge < -0.3 is 4.74 Å². The summed E-state index contributed by atoms with van der Waals surface area (Å²) in [6.07, 6.45) is 0. The Kier molecular flexibility index (Phi) is 5.88. The summed E-state index contributed by atoms with van der Waals surface area (Å²) in [6.45, 7) is 2.74. The molecule has 0 aliphatic heterocycles. The maximum atomic E-state index is 12.9. The molecule has 0 amide bonds. The lowest BCUT2D eigenvalue weighted by Crippen LogP contribution is -2.02. The Labute approximate surface area is 99.0 Å². The molecule has 15 heavy (non-hydrogen) atoms. The summed E-state index contributed by atoms with van der Waals surface area (Å²) in [5.41, 5.74) is 0.707. The topological polar surface area (TPSA) is 9.23 Å². The summed E-state index contributed by atoms with van der Waals surface area (Å²) in [4.78, 5) is 0. The van der Waals surface area contributed by atoms with Crippen LogP contribution < -0.4 is 4.74 Å². The maximum absolute atomic E-state index is 12.9. The number of ether oxygens (including phenoxy) is 1. The van der Waals surface area contributed by atoms with E-state index in [-0.39, 0.29) is 11.7 Å². The average Bonchev–Trinajstić information content (AvgIpc) is 2.26. The zero-order chi connectivity index (χ0) is 11.1. The number of benzene rings is 1. The minimum absolute atomic E-state index is 0.272. The molecule has 0 saturated heterocycles. The summed E-state index contributed by atoms with van der Waals surface area (Å²) in [6, 6.07) is 4.43. The molecule has 0 bridgehead atoms. The SMILES string of the molecule is CCSCCOc1ccc(F)cc1CCl. The Hall–Kier alpha value is -0.410. The molecular formula is C11H14ClFOS. The van der Waals surface area contributed by atoms with Crippen LogP contribution in [0.3, 0.4) is 0 Å². The molecule has 0 aliphatic carbocycles. The van der Waals surface area contributed by atoms with Crippen LogP contribution in [0.5, 0.6) is 5.75 Å². The molecule has 1 aromatic rings. The van der Waals surface area contributed by atoms with E-state index < -0.39 is 0 Å². The van der Waals surface area contributed by atoms with Crippen LogP contribution in [-0.4, -0.2) is 18.1 Å². The van der Waals surface area contributed by atoms with Gasteiger partial charge in [0.2, 0.25) is 0 Å². The van der Waals surface area contributed by atoms with Crippen molar-refractivity contribution in [1.29, 1.82) is 0 Å². The molecule has 0 unspecified atom stereocenters. The Bertz CT molecular complexity index is 307. The smallest absolute Gasteiger partial charge is 0.123 e. The second-order valence-corrected chi connectivity index (χ2v) is 4.59. The highest BCUT2D eigenvalue weighted by Crippen LogP contribution is 2.21. The van der Waals surface area contributed by atoms with Crippen LogP contribution in [0, 0.1) is 5.82 Å². The third-order valence-electron chi connectivity index (χ3n) is 1.86. The average molecular weight is 249 g/mol. The first-order valence-corrected chi connectivity index (χ1v) is 6.51. The molecule has 0 radical (unpaired) electrons. The molecule has 0 fully saturated rings. The molecule has 0 N–H and O–H groups in total. The van der Waals surface area contributed by atoms with Gasteiger partial charge in [-0.2, -0.15) is 11.8 Å². The summed E-state index contributed by atoms with van der Waals surface area (Å²) in [5.74, 6) is 2.70. The molecule has 1 aromatic carbocycles. The summed E-state index contributed by atoms with van der Waals surface area (Å²) in [7, 11) is 0. The molecule has 0 heterocycles. The number of alkyl halides is 1. The number of halogens is 2. The lowest BCUT2D eigenvalue weighted by Gasteiger charge is -2.09. The van der Waals surface area contributed by atoms with Crippen molar-refractivity contribution in [2.75, 3.05) is 18.1 Å². The molecule has 0 atom stereocenters. The van der Waals surface area contributed by atoms with E-state index >= 15 is 0 Å². The van der Waals surface area contributed by atoms with Crippen LogP contribution in [0.15, 0.2) is 18.2 Å². The van der Waals surface area contributed by atoms with Crippen LogP contribution in [-0.2, 0) is 5.88 Å². The Morgan fingerprint density at radius 1 is 1.47 bits per heavy atom. The maximum Gasteiger partial charge on any atom is 0.123 e. The Balaban J connectivity index is 2.52. The third-order valence-corrected chi connectivity index (χ3v) is 3.01. The summed E-state index contributed by atoms with van der Waals surface area (Å²) in [5, 5.41) is 0. The number of hydrogen-bond donors (Lipinski definition) is 0. The van der Waals surface area contributed by atoms with Gasteiger partial charge in [0.25, 0.3) is 0 Å². The lowest BCUT2D eigenvalue weighted by atomic mass is 10.2. The minimum Gasteiger partial charge on any atom is -0.492 e. The van der Waals surface area contributed by atoms with Crippen molar-refractivity contribution in [2.24, 2.45) is 0 Å². The van der Waals surface area contributed by atoms with Gasteiger partial charge in [0.1, 0.15) is 11.6 Å². The van der Waals surface area contributed by atoms with Crippen LogP contribution in [0.2, 0.25) is 0 Å². The molecular weight excluding hydrogens is 235 g/mol. The van der Waals surface area contributed by atoms with E-state index in [1.165, 1.54) is 12.1 Å². The van der Waals surface area contributed by atoms with Crippen LogP contribution in [0.1, 0.15) is 12.5 Å². The predicted molar refractivity (Wildman–Crippen MR) is 64.5 cm³/mol.